The van der Waals surface area contributed by atoms with E-state index >= 15 is 0 Å². The number of nitrogens with zero attached hydrogens (tertiary/aromatic N) is 1. The molecule has 0 spiro atoms. The molecule has 2 unspecified atom stereocenters. The van der Waals surface area contributed by atoms with Gasteiger partial charge < -0.3 is 15.0 Å². The standard InChI is InChI=1S/C15H21FN2O/c1-18-11-3-4-12(18)8-10(7-11)17-15-9-13(19-2)5-6-14(15)16/h5-6,9-12,17H,3-4,7-8H2,1-2H3. The molecular weight excluding hydrogens is 243 g/mol. The van der Waals surface area contributed by atoms with Crippen LogP contribution < -0.4 is 10.1 Å². The van der Waals surface area contributed by atoms with E-state index in [4.69, 9.17) is 4.74 Å². The SMILES string of the molecule is COc1ccc(F)c(NC2CC3CCC(C2)N3C)c1. The number of rotatable bonds is 3. The smallest absolute Gasteiger partial charge is 0.146 e. The van der Waals surface area contributed by atoms with Gasteiger partial charge in [0.05, 0.1) is 12.8 Å². The highest BCUT2D eigenvalue weighted by Crippen LogP contribution is 2.36. The van der Waals surface area contributed by atoms with Gasteiger partial charge in [0.2, 0.25) is 0 Å². The molecule has 2 bridgehead atoms. The molecule has 0 radical (unpaired) electrons. The Balaban J connectivity index is 1.72. The van der Waals surface area contributed by atoms with Crippen LogP contribution in [0.3, 0.4) is 0 Å². The van der Waals surface area contributed by atoms with Gasteiger partial charge >= 0.3 is 0 Å². The highest BCUT2D eigenvalue weighted by atomic mass is 19.1. The Morgan fingerprint density at radius 3 is 2.58 bits per heavy atom. The first kappa shape index (κ1) is 12.7. The number of hydrogen-bond donors (Lipinski definition) is 1. The molecule has 2 fully saturated rings. The normalized spacial score (nSPS) is 30.4. The van der Waals surface area contributed by atoms with Crippen molar-refractivity contribution in [3.8, 4) is 5.75 Å². The number of benzene rings is 1. The van der Waals surface area contributed by atoms with Gasteiger partial charge in [0.25, 0.3) is 0 Å². The molecule has 2 heterocycles. The van der Waals surface area contributed by atoms with Crippen LogP contribution in [0, 0.1) is 5.82 Å². The van der Waals surface area contributed by atoms with E-state index in [0.717, 1.165) is 12.8 Å². The van der Waals surface area contributed by atoms with Crippen molar-refractivity contribution in [1.82, 2.24) is 4.90 Å². The van der Waals surface area contributed by atoms with E-state index in [1.54, 1.807) is 19.2 Å². The van der Waals surface area contributed by atoms with Gasteiger partial charge in [-0.05, 0) is 44.9 Å². The lowest BCUT2D eigenvalue weighted by molar-refractivity contribution is 0.168. The van der Waals surface area contributed by atoms with E-state index in [2.05, 4.69) is 17.3 Å². The van der Waals surface area contributed by atoms with Crippen molar-refractivity contribution in [2.24, 2.45) is 0 Å². The Hall–Kier alpha value is -1.29. The maximum absolute atomic E-state index is 13.8. The predicted octanol–water partition coefficient (Wildman–Crippen LogP) is 2.87. The number of nitrogens with one attached hydrogen (secondary N) is 1. The number of piperidine rings is 1. The summed E-state index contributed by atoms with van der Waals surface area (Å²) in [7, 11) is 3.82. The first-order valence-corrected chi connectivity index (χ1v) is 6.99. The fourth-order valence-corrected chi connectivity index (χ4v) is 3.49. The summed E-state index contributed by atoms with van der Waals surface area (Å²) in [6.45, 7) is 0. The summed E-state index contributed by atoms with van der Waals surface area (Å²) in [5.41, 5.74) is 0.563. The zero-order chi connectivity index (χ0) is 13.4. The van der Waals surface area contributed by atoms with Crippen LogP contribution in [-0.2, 0) is 0 Å². The summed E-state index contributed by atoms with van der Waals surface area (Å²) in [5, 5.41) is 3.36. The van der Waals surface area contributed by atoms with Gasteiger partial charge in [0.15, 0.2) is 0 Å². The molecule has 1 N–H and O–H groups in total. The first-order valence-electron chi connectivity index (χ1n) is 6.99. The fraction of sp³-hybridized carbons (Fsp3) is 0.600. The van der Waals surface area contributed by atoms with Gasteiger partial charge in [-0.1, -0.05) is 0 Å². The number of ether oxygens (including phenoxy) is 1. The van der Waals surface area contributed by atoms with Gasteiger partial charge in [-0.25, -0.2) is 4.39 Å². The van der Waals surface area contributed by atoms with Crippen molar-refractivity contribution in [1.29, 1.82) is 0 Å². The van der Waals surface area contributed by atoms with Crippen LogP contribution in [-0.4, -0.2) is 37.2 Å². The highest BCUT2D eigenvalue weighted by Gasteiger charge is 2.38. The number of halogens is 1. The second-order valence-electron chi connectivity index (χ2n) is 5.71. The Labute approximate surface area is 113 Å². The molecule has 2 saturated heterocycles. The van der Waals surface area contributed by atoms with Crippen LogP contribution in [0.25, 0.3) is 0 Å². The summed E-state index contributed by atoms with van der Waals surface area (Å²) < 4.78 is 19.0. The third-order valence-electron chi connectivity index (χ3n) is 4.63. The molecule has 2 aliphatic heterocycles. The second-order valence-corrected chi connectivity index (χ2v) is 5.71. The van der Waals surface area contributed by atoms with Crippen molar-refractivity contribution >= 4 is 5.69 Å². The van der Waals surface area contributed by atoms with E-state index in [9.17, 15) is 4.39 Å². The fourth-order valence-electron chi connectivity index (χ4n) is 3.49. The summed E-state index contributed by atoms with van der Waals surface area (Å²) >= 11 is 0. The Bertz CT molecular complexity index is 451. The van der Waals surface area contributed by atoms with Crippen LogP contribution >= 0.6 is 0 Å². The molecule has 19 heavy (non-hydrogen) atoms. The molecule has 2 atom stereocenters. The lowest BCUT2D eigenvalue weighted by Crippen LogP contribution is -2.44. The Morgan fingerprint density at radius 1 is 1.26 bits per heavy atom. The van der Waals surface area contributed by atoms with E-state index in [1.807, 2.05) is 0 Å². The van der Waals surface area contributed by atoms with Crippen LogP contribution in [0.4, 0.5) is 10.1 Å². The van der Waals surface area contributed by atoms with Gasteiger partial charge in [0, 0.05) is 24.2 Å². The lowest BCUT2D eigenvalue weighted by atomic mass is 9.97. The van der Waals surface area contributed by atoms with Crippen molar-refractivity contribution in [3.05, 3.63) is 24.0 Å². The average Bonchev–Trinajstić information content (AvgIpc) is 2.64. The zero-order valence-electron chi connectivity index (χ0n) is 11.5. The monoisotopic (exact) mass is 264 g/mol. The average molecular weight is 264 g/mol. The summed E-state index contributed by atoms with van der Waals surface area (Å²) in [4.78, 5) is 2.49. The van der Waals surface area contributed by atoms with Crippen LogP contribution in [0.15, 0.2) is 18.2 Å². The number of fused-ring (bicyclic) bond motifs is 2. The zero-order valence-corrected chi connectivity index (χ0v) is 11.5. The minimum absolute atomic E-state index is 0.202. The minimum Gasteiger partial charge on any atom is -0.497 e. The minimum atomic E-state index is -0.202. The molecule has 1 aromatic rings. The van der Waals surface area contributed by atoms with E-state index < -0.39 is 0 Å². The molecular formula is C15H21FN2O. The Kier molecular flexibility index (Phi) is 3.35. The molecule has 0 aromatic heterocycles. The molecule has 1 aromatic carbocycles. The van der Waals surface area contributed by atoms with Crippen LogP contribution in [0.1, 0.15) is 25.7 Å². The lowest BCUT2D eigenvalue weighted by Gasteiger charge is -2.37. The third kappa shape index (κ3) is 2.41. The second kappa shape index (κ2) is 5.00. The van der Waals surface area contributed by atoms with Gasteiger partial charge in [-0.2, -0.15) is 0 Å². The largest absolute Gasteiger partial charge is 0.497 e. The van der Waals surface area contributed by atoms with E-state index in [-0.39, 0.29) is 5.82 Å². The van der Waals surface area contributed by atoms with Gasteiger partial charge in [0.1, 0.15) is 11.6 Å². The number of hydrogen-bond acceptors (Lipinski definition) is 3. The van der Waals surface area contributed by atoms with Crippen molar-refractivity contribution < 1.29 is 9.13 Å². The van der Waals surface area contributed by atoms with Crippen molar-refractivity contribution in [2.45, 2.75) is 43.8 Å². The molecule has 3 rings (SSSR count). The van der Waals surface area contributed by atoms with Crippen LogP contribution in [0.2, 0.25) is 0 Å². The quantitative estimate of drug-likeness (QED) is 0.908. The van der Waals surface area contributed by atoms with E-state index in [1.165, 1.54) is 18.9 Å². The molecule has 2 aliphatic rings. The van der Waals surface area contributed by atoms with E-state index in [0.29, 0.717) is 29.6 Å². The summed E-state index contributed by atoms with van der Waals surface area (Å²) in [6, 6.07) is 6.55. The summed E-state index contributed by atoms with van der Waals surface area (Å²) in [6.07, 6.45) is 4.76. The molecule has 3 nitrogen and oxygen atoms in total. The van der Waals surface area contributed by atoms with Gasteiger partial charge in [-0.3, -0.25) is 0 Å². The van der Waals surface area contributed by atoms with Crippen LogP contribution in [0.5, 0.6) is 5.75 Å². The number of methoxy groups -OCH3 is 1. The Morgan fingerprint density at radius 2 is 1.95 bits per heavy atom. The van der Waals surface area contributed by atoms with Crippen molar-refractivity contribution in [3.63, 3.8) is 0 Å². The molecule has 0 amide bonds. The topological polar surface area (TPSA) is 24.5 Å². The molecule has 104 valence electrons. The first-order chi connectivity index (χ1) is 9.17. The third-order valence-corrected chi connectivity index (χ3v) is 4.63. The molecule has 4 heteroatoms. The number of anilines is 1. The molecule has 0 saturated carbocycles. The predicted molar refractivity (Wildman–Crippen MR) is 74.2 cm³/mol. The maximum atomic E-state index is 13.8. The van der Waals surface area contributed by atoms with Gasteiger partial charge in [-0.15, -0.1) is 0 Å². The maximum Gasteiger partial charge on any atom is 0.146 e. The molecule has 0 aliphatic carbocycles. The van der Waals surface area contributed by atoms with Crippen molar-refractivity contribution in [2.75, 3.05) is 19.5 Å². The highest BCUT2D eigenvalue weighted by molar-refractivity contribution is 5.50. The summed E-state index contributed by atoms with van der Waals surface area (Å²) in [5.74, 6) is 0.492.